The predicted octanol–water partition coefficient (Wildman–Crippen LogP) is 8.50. The molecule has 5 saturated carbocycles. The van der Waals surface area contributed by atoms with E-state index in [1.54, 1.807) is 38.5 Å². The molecular weight excluding hydrogens is 336 g/mol. The molecule has 0 aromatic heterocycles. The summed E-state index contributed by atoms with van der Waals surface area (Å²) in [5.41, 5.74) is 2.41. The van der Waals surface area contributed by atoms with Gasteiger partial charge in [0, 0.05) is 0 Å². The molecule has 5 fully saturated rings. The standard InChI is InChI=1S/C28H48/c1-7-19-9-10-21-20(19)13-17-27(5)22(21)11-12-24-26(4)16-8-15-25(2,3)23(26)14-18-28(24,27)6/h19-24H,7-18H2,1-6H3/t19-,20-,21?,22?,23?,24?,26+,27-,28-/m1/s1. The number of hydrogen-bond acceptors (Lipinski definition) is 0. The van der Waals surface area contributed by atoms with E-state index in [0.717, 1.165) is 35.5 Å². The number of rotatable bonds is 1. The molecule has 0 radical (unpaired) electrons. The molecule has 9 atom stereocenters. The van der Waals surface area contributed by atoms with Crippen LogP contribution in [0.1, 0.15) is 119 Å². The molecule has 0 aromatic carbocycles. The second kappa shape index (κ2) is 6.26. The summed E-state index contributed by atoms with van der Waals surface area (Å²) in [5, 5.41) is 0. The average molecular weight is 385 g/mol. The normalized spacial score (nSPS) is 57.6. The molecule has 160 valence electrons. The lowest BCUT2D eigenvalue weighted by Crippen LogP contribution is -2.64. The lowest BCUT2D eigenvalue weighted by Gasteiger charge is -2.71. The van der Waals surface area contributed by atoms with E-state index in [9.17, 15) is 0 Å². The van der Waals surface area contributed by atoms with Crippen molar-refractivity contribution < 1.29 is 0 Å². The van der Waals surface area contributed by atoms with Gasteiger partial charge in [0.15, 0.2) is 0 Å². The first-order chi connectivity index (χ1) is 13.2. The van der Waals surface area contributed by atoms with Crippen LogP contribution in [0.25, 0.3) is 0 Å². The Morgan fingerprint density at radius 3 is 2.14 bits per heavy atom. The molecule has 5 aliphatic rings. The van der Waals surface area contributed by atoms with Gasteiger partial charge in [0.1, 0.15) is 0 Å². The van der Waals surface area contributed by atoms with Crippen molar-refractivity contribution in [2.24, 2.45) is 57.2 Å². The fourth-order valence-electron chi connectivity index (χ4n) is 11.3. The largest absolute Gasteiger partial charge is 0.0651 e. The van der Waals surface area contributed by atoms with Crippen LogP contribution >= 0.6 is 0 Å². The first-order valence-electron chi connectivity index (χ1n) is 13.2. The van der Waals surface area contributed by atoms with Crippen molar-refractivity contribution in [1.29, 1.82) is 0 Å². The zero-order valence-electron chi connectivity index (χ0n) is 19.9. The quantitative estimate of drug-likeness (QED) is 0.425. The first-order valence-corrected chi connectivity index (χ1v) is 13.2. The molecule has 0 heteroatoms. The minimum atomic E-state index is 0.573. The molecule has 0 bridgehead atoms. The Bertz CT molecular complexity index is 618. The second-order valence-corrected chi connectivity index (χ2v) is 13.6. The van der Waals surface area contributed by atoms with Gasteiger partial charge >= 0.3 is 0 Å². The Labute approximate surface area is 176 Å². The summed E-state index contributed by atoms with van der Waals surface area (Å²) >= 11 is 0. The summed E-state index contributed by atoms with van der Waals surface area (Å²) in [6, 6.07) is 0. The highest BCUT2D eigenvalue weighted by Crippen LogP contribution is 2.75. The zero-order chi connectivity index (χ0) is 19.9. The summed E-state index contributed by atoms with van der Waals surface area (Å²) in [6.45, 7) is 16.1. The molecule has 0 aliphatic heterocycles. The molecule has 0 spiro atoms. The van der Waals surface area contributed by atoms with E-state index in [0.29, 0.717) is 21.7 Å². The third kappa shape index (κ3) is 2.36. The lowest BCUT2D eigenvalue weighted by atomic mass is 9.33. The van der Waals surface area contributed by atoms with Crippen LogP contribution in [0, 0.1) is 57.2 Å². The Balaban J connectivity index is 1.50. The molecule has 5 rings (SSSR count). The van der Waals surface area contributed by atoms with Gasteiger partial charge in [0.25, 0.3) is 0 Å². The van der Waals surface area contributed by atoms with Crippen LogP contribution < -0.4 is 0 Å². The van der Waals surface area contributed by atoms with Gasteiger partial charge in [-0.05, 0) is 121 Å². The first kappa shape index (κ1) is 19.9. The van der Waals surface area contributed by atoms with Crippen LogP contribution in [-0.4, -0.2) is 0 Å². The highest BCUT2D eigenvalue weighted by Gasteiger charge is 2.67. The minimum Gasteiger partial charge on any atom is -0.0651 e. The highest BCUT2D eigenvalue weighted by atomic mass is 14.7. The fraction of sp³-hybridized carbons (Fsp3) is 1.00. The van der Waals surface area contributed by atoms with E-state index in [1.165, 1.54) is 38.5 Å². The van der Waals surface area contributed by atoms with Crippen molar-refractivity contribution in [1.82, 2.24) is 0 Å². The van der Waals surface area contributed by atoms with Crippen molar-refractivity contribution in [3.63, 3.8) is 0 Å². The van der Waals surface area contributed by atoms with E-state index in [-0.39, 0.29) is 0 Å². The van der Waals surface area contributed by atoms with E-state index >= 15 is 0 Å². The van der Waals surface area contributed by atoms with Crippen LogP contribution in [0.15, 0.2) is 0 Å². The predicted molar refractivity (Wildman–Crippen MR) is 120 cm³/mol. The molecule has 0 N–H and O–H groups in total. The van der Waals surface area contributed by atoms with Crippen LogP contribution in [0.5, 0.6) is 0 Å². The zero-order valence-corrected chi connectivity index (χ0v) is 19.9. The van der Waals surface area contributed by atoms with E-state index in [4.69, 9.17) is 0 Å². The maximum atomic E-state index is 2.81. The highest BCUT2D eigenvalue weighted by molar-refractivity contribution is 5.16. The van der Waals surface area contributed by atoms with Crippen molar-refractivity contribution in [3.05, 3.63) is 0 Å². The fourth-order valence-corrected chi connectivity index (χ4v) is 11.3. The minimum absolute atomic E-state index is 0.573. The van der Waals surface area contributed by atoms with Crippen molar-refractivity contribution >= 4 is 0 Å². The Morgan fingerprint density at radius 1 is 0.643 bits per heavy atom. The Kier molecular flexibility index (Phi) is 4.46. The van der Waals surface area contributed by atoms with Crippen LogP contribution in [0.3, 0.4) is 0 Å². The molecule has 0 heterocycles. The topological polar surface area (TPSA) is 0 Å². The van der Waals surface area contributed by atoms with Gasteiger partial charge in [0.2, 0.25) is 0 Å². The van der Waals surface area contributed by atoms with Crippen molar-refractivity contribution in [2.45, 2.75) is 119 Å². The Morgan fingerprint density at radius 2 is 1.39 bits per heavy atom. The van der Waals surface area contributed by atoms with Crippen LogP contribution in [0.2, 0.25) is 0 Å². The van der Waals surface area contributed by atoms with Gasteiger partial charge < -0.3 is 0 Å². The lowest BCUT2D eigenvalue weighted by molar-refractivity contribution is -0.227. The van der Waals surface area contributed by atoms with Gasteiger partial charge in [-0.15, -0.1) is 0 Å². The Hall–Kier alpha value is 0. The van der Waals surface area contributed by atoms with Gasteiger partial charge in [-0.3, -0.25) is 0 Å². The summed E-state index contributed by atoms with van der Waals surface area (Å²) in [5.74, 6) is 6.23. The number of fused-ring (bicyclic) bond motifs is 7. The molecule has 5 aliphatic carbocycles. The van der Waals surface area contributed by atoms with Gasteiger partial charge in [-0.1, -0.05) is 54.4 Å². The average Bonchev–Trinajstić information content (AvgIpc) is 3.04. The molecular formula is C28H48. The molecule has 0 aromatic rings. The van der Waals surface area contributed by atoms with E-state index in [2.05, 4.69) is 41.5 Å². The van der Waals surface area contributed by atoms with Gasteiger partial charge in [-0.25, -0.2) is 0 Å². The molecule has 0 nitrogen and oxygen atoms in total. The molecule has 0 saturated heterocycles. The maximum absolute atomic E-state index is 2.81. The second-order valence-electron chi connectivity index (χ2n) is 13.6. The molecule has 4 unspecified atom stereocenters. The third-order valence-corrected chi connectivity index (χ3v) is 12.7. The van der Waals surface area contributed by atoms with Crippen molar-refractivity contribution in [3.8, 4) is 0 Å². The van der Waals surface area contributed by atoms with E-state index in [1.807, 2.05) is 0 Å². The third-order valence-electron chi connectivity index (χ3n) is 12.7. The van der Waals surface area contributed by atoms with E-state index < -0.39 is 0 Å². The van der Waals surface area contributed by atoms with Gasteiger partial charge in [0.05, 0.1) is 0 Å². The summed E-state index contributed by atoms with van der Waals surface area (Å²) in [4.78, 5) is 0. The van der Waals surface area contributed by atoms with Gasteiger partial charge in [-0.2, -0.15) is 0 Å². The van der Waals surface area contributed by atoms with Crippen LogP contribution in [0.4, 0.5) is 0 Å². The maximum Gasteiger partial charge on any atom is -0.0235 e. The number of hydrogen-bond donors (Lipinski definition) is 0. The summed E-state index contributed by atoms with van der Waals surface area (Å²) < 4.78 is 0. The van der Waals surface area contributed by atoms with Crippen LogP contribution in [-0.2, 0) is 0 Å². The SMILES string of the molecule is CC[C@@H]1CCC2C3CCC4[C@@]5(C)CCCC(C)(C)C5CC[C@@]4(C)[C@]3(C)CC[C@@H]21. The molecule has 28 heavy (non-hydrogen) atoms. The summed E-state index contributed by atoms with van der Waals surface area (Å²) in [6.07, 6.45) is 18.3. The smallest absolute Gasteiger partial charge is 0.0235 e. The monoisotopic (exact) mass is 384 g/mol. The molecule has 0 amide bonds. The van der Waals surface area contributed by atoms with Crippen molar-refractivity contribution in [2.75, 3.05) is 0 Å². The summed E-state index contributed by atoms with van der Waals surface area (Å²) in [7, 11) is 0.